The van der Waals surface area contributed by atoms with Gasteiger partial charge < -0.3 is 14.7 Å². The Balaban J connectivity index is 1.12. The summed E-state index contributed by atoms with van der Waals surface area (Å²) < 4.78 is 2.32. The third-order valence-corrected chi connectivity index (χ3v) is 10.4. The molecule has 2 aliphatic rings. The summed E-state index contributed by atoms with van der Waals surface area (Å²) >= 11 is 0. The zero-order chi connectivity index (χ0) is 30.9. The fourth-order valence-corrected chi connectivity index (χ4v) is 8.16. The van der Waals surface area contributed by atoms with Crippen LogP contribution in [0.2, 0.25) is 0 Å². The van der Waals surface area contributed by atoms with Crippen molar-refractivity contribution in [3.63, 3.8) is 0 Å². The van der Waals surface area contributed by atoms with Crippen LogP contribution in [-0.2, 0) is 33.1 Å². The van der Waals surface area contributed by atoms with E-state index in [-0.39, 0.29) is 11.3 Å². The quantitative estimate of drug-likeness (QED) is 0.189. The summed E-state index contributed by atoms with van der Waals surface area (Å²) in [6, 6.07) is 32.4. The van der Waals surface area contributed by atoms with Crippen molar-refractivity contribution in [2.75, 3.05) is 13.1 Å². The number of rotatable bonds is 9. The van der Waals surface area contributed by atoms with Crippen molar-refractivity contribution in [2.45, 2.75) is 58.3 Å². The SMILES string of the molecule is CCc1c(O)cc(=O)[nH]c1-c1ccc2c(c1)cc(CN1C[C@H]3CCC[C@@H](N(Cc4ccccc4)Cc4ccccc4)[C@H]3C1)n2C. The monoisotopic (exact) mass is 600 g/mol. The Morgan fingerprint density at radius 2 is 1.60 bits per heavy atom. The van der Waals surface area contributed by atoms with Crippen LogP contribution in [0, 0.1) is 11.8 Å². The number of H-pyrrole nitrogens is 1. The fourth-order valence-electron chi connectivity index (χ4n) is 8.16. The molecule has 6 nitrogen and oxygen atoms in total. The number of hydrogen-bond donors (Lipinski definition) is 2. The Labute approximate surface area is 265 Å². The molecule has 2 N–H and O–H groups in total. The highest BCUT2D eigenvalue weighted by molar-refractivity contribution is 5.86. The molecule has 0 amide bonds. The smallest absolute Gasteiger partial charge is 0.252 e. The number of nitrogens with one attached hydrogen (secondary N) is 1. The number of likely N-dealkylation sites (tertiary alicyclic amines) is 1. The lowest BCUT2D eigenvalue weighted by atomic mass is 9.77. The van der Waals surface area contributed by atoms with E-state index in [9.17, 15) is 9.90 Å². The molecule has 0 radical (unpaired) electrons. The van der Waals surface area contributed by atoms with Gasteiger partial charge in [0.05, 0.1) is 5.69 Å². The van der Waals surface area contributed by atoms with E-state index in [0.29, 0.717) is 24.1 Å². The Kier molecular flexibility index (Phi) is 8.35. The van der Waals surface area contributed by atoms with Crippen LogP contribution < -0.4 is 5.56 Å². The number of aromatic nitrogens is 2. The number of aryl methyl sites for hydroxylation is 1. The predicted molar refractivity (Wildman–Crippen MR) is 182 cm³/mol. The van der Waals surface area contributed by atoms with Gasteiger partial charge in [-0.1, -0.05) is 80.1 Å². The average Bonchev–Trinajstić information content (AvgIpc) is 3.61. The molecule has 3 heterocycles. The van der Waals surface area contributed by atoms with E-state index in [1.165, 1.54) is 47.7 Å². The molecule has 2 aromatic heterocycles. The van der Waals surface area contributed by atoms with Crippen molar-refractivity contribution >= 4 is 10.9 Å². The van der Waals surface area contributed by atoms with Gasteiger partial charge in [0.15, 0.2) is 0 Å². The van der Waals surface area contributed by atoms with Gasteiger partial charge >= 0.3 is 0 Å². The Morgan fingerprint density at radius 1 is 0.889 bits per heavy atom. The van der Waals surface area contributed by atoms with Gasteiger partial charge in [0.25, 0.3) is 5.56 Å². The largest absolute Gasteiger partial charge is 0.507 e. The first-order valence-electron chi connectivity index (χ1n) is 16.5. The molecule has 2 fully saturated rings. The van der Waals surface area contributed by atoms with E-state index < -0.39 is 0 Å². The van der Waals surface area contributed by atoms with Gasteiger partial charge in [0, 0.05) is 74.0 Å². The third-order valence-electron chi connectivity index (χ3n) is 10.4. The van der Waals surface area contributed by atoms with Gasteiger partial charge in [-0.15, -0.1) is 0 Å². The highest BCUT2D eigenvalue weighted by Crippen LogP contribution is 2.40. The van der Waals surface area contributed by atoms with Crippen LogP contribution in [0.25, 0.3) is 22.2 Å². The standard InChI is InChI=1S/C39H44N4O2/c1-3-33-37(44)21-38(45)40-39(33)29-17-18-35-31(19-29)20-32(41(35)2)25-42-24-30-15-10-16-36(34(30)26-42)43(22-27-11-6-4-7-12-27)23-28-13-8-5-9-14-28/h4-9,11-14,17-21,30,34,36H,3,10,15-16,22-26H2,1-2H3,(H2,40,44,45)/t30-,34+,36-/m1/s1. The molecule has 1 saturated heterocycles. The minimum absolute atomic E-state index is 0.0602. The summed E-state index contributed by atoms with van der Waals surface area (Å²) in [5, 5.41) is 11.6. The van der Waals surface area contributed by atoms with Crippen LogP contribution in [-0.4, -0.2) is 43.6 Å². The number of benzene rings is 3. The van der Waals surface area contributed by atoms with Gasteiger partial charge in [-0.05, 0) is 66.0 Å². The van der Waals surface area contributed by atoms with Crippen LogP contribution in [0.15, 0.2) is 95.8 Å². The predicted octanol–water partition coefficient (Wildman–Crippen LogP) is 7.10. The van der Waals surface area contributed by atoms with Crippen LogP contribution in [0.1, 0.15) is 48.6 Å². The molecule has 0 spiro atoms. The summed E-state index contributed by atoms with van der Waals surface area (Å²) in [5.41, 5.74) is 7.39. The van der Waals surface area contributed by atoms with E-state index in [1.807, 2.05) is 6.92 Å². The van der Waals surface area contributed by atoms with Crippen molar-refractivity contribution in [3.8, 4) is 17.0 Å². The first-order chi connectivity index (χ1) is 22.0. The molecule has 1 aliphatic carbocycles. The first kappa shape index (κ1) is 29.6. The van der Waals surface area contributed by atoms with Gasteiger partial charge in [-0.2, -0.15) is 0 Å². The molecule has 0 unspecified atom stereocenters. The van der Waals surface area contributed by atoms with E-state index >= 15 is 0 Å². The second kappa shape index (κ2) is 12.7. The van der Waals surface area contributed by atoms with Crippen LogP contribution >= 0.6 is 0 Å². The number of fused-ring (bicyclic) bond motifs is 2. The molecule has 3 aromatic carbocycles. The number of pyridine rings is 1. The third kappa shape index (κ3) is 6.09. The summed E-state index contributed by atoms with van der Waals surface area (Å²) in [4.78, 5) is 20.6. The van der Waals surface area contributed by atoms with Crippen molar-refractivity contribution in [1.29, 1.82) is 0 Å². The van der Waals surface area contributed by atoms with Gasteiger partial charge in [-0.25, -0.2) is 0 Å². The molecule has 232 valence electrons. The number of hydrogen-bond acceptors (Lipinski definition) is 4. The number of aromatic hydroxyl groups is 1. The summed E-state index contributed by atoms with van der Waals surface area (Å²) in [5.74, 6) is 1.46. The minimum atomic E-state index is -0.284. The molecule has 3 atom stereocenters. The topological polar surface area (TPSA) is 64.5 Å². The van der Waals surface area contributed by atoms with Gasteiger partial charge in [0.1, 0.15) is 5.75 Å². The molecule has 5 aromatic rings. The lowest BCUT2D eigenvalue weighted by molar-refractivity contribution is 0.0744. The Bertz CT molecular complexity index is 1790. The molecule has 7 rings (SSSR count). The minimum Gasteiger partial charge on any atom is -0.507 e. The lowest BCUT2D eigenvalue weighted by Gasteiger charge is -2.41. The van der Waals surface area contributed by atoms with Crippen LogP contribution in [0.5, 0.6) is 5.75 Å². The summed E-state index contributed by atoms with van der Waals surface area (Å²) in [7, 11) is 2.17. The van der Waals surface area contributed by atoms with E-state index in [1.54, 1.807) is 0 Å². The molecule has 6 heteroatoms. The lowest BCUT2D eigenvalue weighted by Crippen LogP contribution is -2.45. The maximum absolute atomic E-state index is 12.2. The molecule has 45 heavy (non-hydrogen) atoms. The maximum atomic E-state index is 12.2. The first-order valence-corrected chi connectivity index (χ1v) is 16.5. The molecule has 0 bridgehead atoms. The highest BCUT2D eigenvalue weighted by Gasteiger charge is 2.42. The van der Waals surface area contributed by atoms with Gasteiger partial charge in [0.2, 0.25) is 0 Å². The molecular weight excluding hydrogens is 556 g/mol. The van der Waals surface area contributed by atoms with Crippen LogP contribution in [0.4, 0.5) is 0 Å². The normalized spacial score (nSPS) is 20.2. The Hall–Kier alpha value is -4.13. The van der Waals surface area contributed by atoms with Crippen molar-refractivity contribution in [2.24, 2.45) is 18.9 Å². The summed E-state index contributed by atoms with van der Waals surface area (Å²) in [6.07, 6.45) is 4.53. The average molecular weight is 601 g/mol. The number of nitrogens with zero attached hydrogens (tertiary/aromatic N) is 3. The van der Waals surface area contributed by atoms with E-state index in [4.69, 9.17) is 0 Å². The zero-order valence-electron chi connectivity index (χ0n) is 26.5. The Morgan fingerprint density at radius 3 is 2.29 bits per heavy atom. The number of aromatic amines is 1. The van der Waals surface area contributed by atoms with Crippen molar-refractivity contribution in [3.05, 3.63) is 124 Å². The molecule has 1 saturated carbocycles. The second-order valence-electron chi connectivity index (χ2n) is 13.2. The molecule has 1 aliphatic heterocycles. The summed E-state index contributed by atoms with van der Waals surface area (Å²) in [6.45, 7) is 7.19. The molecular formula is C39H44N4O2. The van der Waals surface area contributed by atoms with Crippen molar-refractivity contribution in [1.82, 2.24) is 19.4 Å². The van der Waals surface area contributed by atoms with Crippen LogP contribution in [0.3, 0.4) is 0 Å². The fraction of sp³-hybridized carbons (Fsp3) is 0.359. The van der Waals surface area contributed by atoms with Crippen molar-refractivity contribution < 1.29 is 5.11 Å². The highest BCUT2D eigenvalue weighted by atomic mass is 16.3. The maximum Gasteiger partial charge on any atom is 0.252 e. The zero-order valence-corrected chi connectivity index (χ0v) is 26.5. The van der Waals surface area contributed by atoms with E-state index in [0.717, 1.165) is 55.2 Å². The van der Waals surface area contributed by atoms with E-state index in [2.05, 4.69) is 111 Å². The van der Waals surface area contributed by atoms with Gasteiger partial charge in [-0.3, -0.25) is 14.6 Å². The second-order valence-corrected chi connectivity index (χ2v) is 13.2.